The summed E-state index contributed by atoms with van der Waals surface area (Å²) in [6.45, 7) is 0. The van der Waals surface area contributed by atoms with Crippen molar-refractivity contribution in [1.29, 1.82) is 0 Å². The van der Waals surface area contributed by atoms with Crippen LogP contribution in [-0.2, 0) is 14.9 Å². The summed E-state index contributed by atoms with van der Waals surface area (Å²) in [5.74, 6) is -0.403. The number of pyridine rings is 1. The molecule has 1 aliphatic rings. The molecule has 0 spiro atoms. The van der Waals surface area contributed by atoms with E-state index in [0.29, 0.717) is 5.15 Å². The SMILES string of the molecule is COC(=O)C(N)C1(c2cccc(Cl)n2)CC1. The van der Waals surface area contributed by atoms with Crippen LogP contribution in [0.15, 0.2) is 18.2 Å². The van der Waals surface area contributed by atoms with E-state index < -0.39 is 12.0 Å². The quantitative estimate of drug-likeness (QED) is 0.638. The number of methoxy groups -OCH3 is 1. The van der Waals surface area contributed by atoms with E-state index in [1.165, 1.54) is 7.11 Å². The van der Waals surface area contributed by atoms with E-state index in [1.807, 2.05) is 12.1 Å². The summed E-state index contributed by atoms with van der Waals surface area (Å²) in [6.07, 6.45) is 1.69. The van der Waals surface area contributed by atoms with E-state index in [1.54, 1.807) is 6.07 Å². The number of esters is 1. The fourth-order valence-corrected chi connectivity index (χ4v) is 2.06. The van der Waals surface area contributed by atoms with Crippen molar-refractivity contribution in [1.82, 2.24) is 4.98 Å². The Bertz CT molecular complexity index is 418. The van der Waals surface area contributed by atoms with Gasteiger partial charge in [0.05, 0.1) is 12.8 Å². The van der Waals surface area contributed by atoms with Gasteiger partial charge in [0.25, 0.3) is 0 Å². The van der Waals surface area contributed by atoms with Crippen LogP contribution in [0.3, 0.4) is 0 Å². The molecule has 1 aromatic heterocycles. The van der Waals surface area contributed by atoms with E-state index in [4.69, 9.17) is 17.3 Å². The highest BCUT2D eigenvalue weighted by Gasteiger charge is 2.53. The third-order valence-corrected chi connectivity index (χ3v) is 3.27. The number of rotatable bonds is 3. The molecule has 0 bridgehead atoms. The van der Waals surface area contributed by atoms with Gasteiger partial charge in [-0.1, -0.05) is 17.7 Å². The lowest BCUT2D eigenvalue weighted by Crippen LogP contribution is -2.43. The fraction of sp³-hybridized carbons (Fsp3) is 0.455. The lowest BCUT2D eigenvalue weighted by molar-refractivity contribution is -0.143. The summed E-state index contributed by atoms with van der Waals surface area (Å²) in [6, 6.07) is 4.70. The van der Waals surface area contributed by atoms with Crippen molar-refractivity contribution in [2.75, 3.05) is 7.11 Å². The molecule has 0 saturated heterocycles. The average Bonchev–Trinajstić information content (AvgIpc) is 3.08. The first kappa shape index (κ1) is 11.4. The zero-order valence-corrected chi connectivity index (χ0v) is 9.70. The van der Waals surface area contributed by atoms with E-state index in [0.717, 1.165) is 18.5 Å². The Kier molecular flexibility index (Phi) is 2.86. The summed E-state index contributed by atoms with van der Waals surface area (Å²) >= 11 is 5.83. The highest BCUT2D eigenvalue weighted by molar-refractivity contribution is 6.29. The lowest BCUT2D eigenvalue weighted by atomic mass is 9.92. The summed E-state index contributed by atoms with van der Waals surface area (Å²) in [5.41, 5.74) is 6.29. The molecule has 0 radical (unpaired) electrons. The molecule has 4 nitrogen and oxygen atoms in total. The fourth-order valence-electron chi connectivity index (χ4n) is 1.90. The average molecular weight is 241 g/mol. The van der Waals surface area contributed by atoms with Crippen molar-refractivity contribution in [3.63, 3.8) is 0 Å². The second kappa shape index (κ2) is 4.03. The van der Waals surface area contributed by atoms with Gasteiger partial charge >= 0.3 is 5.97 Å². The Balaban J connectivity index is 2.29. The Hall–Kier alpha value is -1.13. The van der Waals surface area contributed by atoms with Gasteiger partial charge in [-0.05, 0) is 25.0 Å². The number of hydrogen-bond acceptors (Lipinski definition) is 4. The smallest absolute Gasteiger partial charge is 0.323 e. The van der Waals surface area contributed by atoms with E-state index in [9.17, 15) is 4.79 Å². The van der Waals surface area contributed by atoms with Gasteiger partial charge in [0.1, 0.15) is 11.2 Å². The Morgan fingerprint density at radius 2 is 2.31 bits per heavy atom. The maximum Gasteiger partial charge on any atom is 0.323 e. The van der Waals surface area contributed by atoms with Gasteiger partial charge < -0.3 is 10.5 Å². The molecule has 1 atom stereocenters. The predicted octanol–water partition coefficient (Wildman–Crippen LogP) is 1.27. The van der Waals surface area contributed by atoms with Crippen LogP contribution in [0.25, 0.3) is 0 Å². The van der Waals surface area contributed by atoms with Crippen LogP contribution >= 0.6 is 11.6 Å². The third-order valence-electron chi connectivity index (χ3n) is 3.06. The van der Waals surface area contributed by atoms with E-state index in [2.05, 4.69) is 9.72 Å². The molecule has 1 aliphatic carbocycles. The Morgan fingerprint density at radius 3 is 2.81 bits per heavy atom. The molecule has 0 aromatic carbocycles. The van der Waals surface area contributed by atoms with Crippen LogP contribution in [-0.4, -0.2) is 24.1 Å². The second-order valence-corrected chi connectivity index (χ2v) is 4.39. The Morgan fingerprint density at radius 1 is 1.62 bits per heavy atom. The van der Waals surface area contributed by atoms with Crippen molar-refractivity contribution < 1.29 is 9.53 Å². The van der Waals surface area contributed by atoms with Crippen LogP contribution < -0.4 is 5.73 Å². The van der Waals surface area contributed by atoms with Gasteiger partial charge in [0.15, 0.2) is 0 Å². The molecule has 1 fully saturated rings. The first-order valence-electron chi connectivity index (χ1n) is 5.06. The van der Waals surface area contributed by atoms with Crippen molar-refractivity contribution in [2.45, 2.75) is 24.3 Å². The van der Waals surface area contributed by atoms with Gasteiger partial charge in [0, 0.05) is 5.41 Å². The van der Waals surface area contributed by atoms with Crippen molar-refractivity contribution in [2.24, 2.45) is 5.73 Å². The van der Waals surface area contributed by atoms with Gasteiger partial charge in [0.2, 0.25) is 0 Å². The van der Waals surface area contributed by atoms with Crippen LogP contribution in [0.2, 0.25) is 5.15 Å². The molecule has 1 heterocycles. The van der Waals surface area contributed by atoms with E-state index in [-0.39, 0.29) is 5.41 Å². The molecule has 2 N–H and O–H groups in total. The maximum atomic E-state index is 11.4. The van der Waals surface area contributed by atoms with Gasteiger partial charge in [-0.2, -0.15) is 0 Å². The van der Waals surface area contributed by atoms with E-state index >= 15 is 0 Å². The maximum absolute atomic E-state index is 11.4. The highest BCUT2D eigenvalue weighted by atomic mass is 35.5. The largest absolute Gasteiger partial charge is 0.468 e. The zero-order valence-electron chi connectivity index (χ0n) is 8.94. The van der Waals surface area contributed by atoms with Crippen LogP contribution in [0.4, 0.5) is 0 Å². The van der Waals surface area contributed by atoms with Crippen LogP contribution in [0.1, 0.15) is 18.5 Å². The number of carbonyl (C=O) groups excluding carboxylic acids is 1. The number of hydrogen-bond donors (Lipinski definition) is 1. The standard InChI is InChI=1S/C11H13ClN2O2/c1-16-10(15)9(13)11(5-6-11)7-3-2-4-8(12)14-7/h2-4,9H,5-6,13H2,1H3. The zero-order chi connectivity index (χ0) is 11.8. The number of ether oxygens (including phenoxy) is 1. The van der Waals surface area contributed by atoms with Crippen LogP contribution in [0.5, 0.6) is 0 Å². The number of aromatic nitrogens is 1. The number of halogens is 1. The number of carbonyl (C=O) groups is 1. The molecule has 0 amide bonds. The monoisotopic (exact) mass is 240 g/mol. The van der Waals surface area contributed by atoms with Gasteiger partial charge in [-0.25, -0.2) is 4.98 Å². The van der Waals surface area contributed by atoms with Crippen molar-refractivity contribution in [3.8, 4) is 0 Å². The topological polar surface area (TPSA) is 65.2 Å². The van der Waals surface area contributed by atoms with Crippen molar-refractivity contribution >= 4 is 17.6 Å². The third kappa shape index (κ3) is 1.79. The van der Waals surface area contributed by atoms with Crippen LogP contribution in [0, 0.1) is 0 Å². The molecule has 2 rings (SSSR count). The molecule has 16 heavy (non-hydrogen) atoms. The molecule has 1 unspecified atom stereocenters. The minimum atomic E-state index is -0.663. The van der Waals surface area contributed by atoms with Gasteiger partial charge in [-0.15, -0.1) is 0 Å². The number of nitrogens with two attached hydrogens (primary N) is 1. The summed E-state index contributed by atoms with van der Waals surface area (Å²) in [5, 5.41) is 0.417. The van der Waals surface area contributed by atoms with Crippen molar-refractivity contribution in [3.05, 3.63) is 29.0 Å². The highest BCUT2D eigenvalue weighted by Crippen LogP contribution is 2.49. The Labute approximate surface area is 98.8 Å². The molecule has 5 heteroatoms. The first-order chi connectivity index (χ1) is 7.60. The summed E-state index contributed by atoms with van der Waals surface area (Å²) < 4.78 is 4.67. The molecular formula is C11H13ClN2O2. The molecular weight excluding hydrogens is 228 g/mol. The summed E-state index contributed by atoms with van der Waals surface area (Å²) in [4.78, 5) is 15.7. The lowest BCUT2D eigenvalue weighted by Gasteiger charge is -2.20. The predicted molar refractivity (Wildman–Crippen MR) is 60.2 cm³/mol. The minimum Gasteiger partial charge on any atom is -0.468 e. The second-order valence-electron chi connectivity index (χ2n) is 4.00. The van der Waals surface area contributed by atoms with Gasteiger partial charge in [-0.3, -0.25) is 4.79 Å². The molecule has 0 aliphatic heterocycles. The molecule has 86 valence electrons. The molecule has 1 aromatic rings. The normalized spacial score (nSPS) is 18.9. The number of nitrogens with zero attached hydrogens (tertiary/aromatic N) is 1. The summed E-state index contributed by atoms with van der Waals surface area (Å²) in [7, 11) is 1.34. The minimum absolute atomic E-state index is 0.377. The molecule has 1 saturated carbocycles. The first-order valence-corrected chi connectivity index (χ1v) is 5.44.